The van der Waals surface area contributed by atoms with E-state index in [0.29, 0.717) is 39.9 Å². The molecule has 25 heavy (non-hydrogen) atoms. The quantitative estimate of drug-likeness (QED) is 0.323. The van der Waals surface area contributed by atoms with Crippen LogP contribution in [0.15, 0.2) is 48.2 Å². The molecule has 0 radical (unpaired) electrons. The smallest absolute Gasteiger partial charge is 0.311 e. The molecule has 2 aromatic carbocycles. The number of fused-ring (bicyclic) bond motifs is 1. The molecule has 0 saturated heterocycles. The molecule has 4 nitrogen and oxygen atoms in total. The van der Waals surface area contributed by atoms with Crippen LogP contribution in [0.3, 0.4) is 0 Å². The van der Waals surface area contributed by atoms with Gasteiger partial charge in [-0.1, -0.05) is 29.8 Å². The Balaban J connectivity index is 1.80. The SMILES string of the molecule is O=C(CCCCl)Oc1ccc2c(c1)OC(=Cc1ccccc1Cl)C2=O. The number of hydrogen-bond donors (Lipinski definition) is 0. The van der Waals surface area contributed by atoms with Gasteiger partial charge in [0.05, 0.1) is 5.56 Å². The van der Waals surface area contributed by atoms with Crippen LogP contribution >= 0.6 is 23.2 Å². The molecule has 1 aliphatic heterocycles. The molecule has 0 aromatic heterocycles. The molecule has 0 atom stereocenters. The lowest BCUT2D eigenvalue weighted by Gasteiger charge is -2.05. The summed E-state index contributed by atoms with van der Waals surface area (Å²) in [5, 5.41) is 0.524. The van der Waals surface area contributed by atoms with Crippen LogP contribution in [-0.2, 0) is 4.79 Å². The Morgan fingerprint density at radius 1 is 1.20 bits per heavy atom. The van der Waals surface area contributed by atoms with Gasteiger partial charge in [-0.3, -0.25) is 9.59 Å². The third kappa shape index (κ3) is 4.03. The third-order valence-corrected chi connectivity index (χ3v) is 4.19. The molecule has 0 bridgehead atoms. The van der Waals surface area contributed by atoms with Gasteiger partial charge in [0, 0.05) is 23.4 Å². The molecule has 2 aromatic rings. The number of ketones is 1. The summed E-state index contributed by atoms with van der Waals surface area (Å²) in [6.07, 6.45) is 2.37. The molecule has 0 aliphatic carbocycles. The number of hydrogen-bond acceptors (Lipinski definition) is 4. The topological polar surface area (TPSA) is 52.6 Å². The third-order valence-electron chi connectivity index (χ3n) is 3.58. The number of allylic oxidation sites excluding steroid dienone is 1. The maximum absolute atomic E-state index is 12.4. The average Bonchev–Trinajstić information content (AvgIpc) is 2.90. The number of halogens is 2. The lowest BCUT2D eigenvalue weighted by atomic mass is 10.1. The van der Waals surface area contributed by atoms with Crippen molar-refractivity contribution in [2.75, 3.05) is 5.88 Å². The van der Waals surface area contributed by atoms with Crippen LogP contribution in [0.25, 0.3) is 6.08 Å². The zero-order valence-electron chi connectivity index (χ0n) is 13.1. The first kappa shape index (κ1) is 17.5. The van der Waals surface area contributed by atoms with Crippen molar-refractivity contribution in [2.24, 2.45) is 0 Å². The van der Waals surface area contributed by atoms with E-state index in [1.165, 1.54) is 6.07 Å². The molecule has 0 fully saturated rings. The van der Waals surface area contributed by atoms with E-state index in [0.717, 1.165) is 0 Å². The van der Waals surface area contributed by atoms with Crippen LogP contribution < -0.4 is 9.47 Å². The number of alkyl halides is 1. The summed E-state index contributed by atoms with van der Waals surface area (Å²) in [6, 6.07) is 11.8. The van der Waals surface area contributed by atoms with Gasteiger partial charge in [0.2, 0.25) is 5.78 Å². The summed E-state index contributed by atoms with van der Waals surface area (Å²) in [6.45, 7) is 0. The number of esters is 1. The molecule has 3 rings (SSSR count). The molecule has 0 amide bonds. The minimum Gasteiger partial charge on any atom is -0.452 e. The van der Waals surface area contributed by atoms with Crippen molar-refractivity contribution < 1.29 is 19.1 Å². The van der Waals surface area contributed by atoms with Gasteiger partial charge in [-0.2, -0.15) is 0 Å². The first-order valence-electron chi connectivity index (χ1n) is 7.68. The van der Waals surface area contributed by atoms with Crippen molar-refractivity contribution in [1.82, 2.24) is 0 Å². The zero-order valence-corrected chi connectivity index (χ0v) is 14.6. The van der Waals surface area contributed by atoms with Crippen molar-refractivity contribution in [2.45, 2.75) is 12.8 Å². The van der Waals surface area contributed by atoms with Crippen LogP contribution in [0.5, 0.6) is 11.5 Å². The van der Waals surface area contributed by atoms with Gasteiger partial charge in [-0.05, 0) is 36.3 Å². The number of benzene rings is 2. The fourth-order valence-corrected chi connectivity index (χ4v) is 2.68. The van der Waals surface area contributed by atoms with Gasteiger partial charge in [0.1, 0.15) is 11.5 Å². The second-order valence-electron chi connectivity index (χ2n) is 5.39. The predicted octanol–water partition coefficient (Wildman–Crippen LogP) is 4.88. The molecule has 1 heterocycles. The fourth-order valence-electron chi connectivity index (χ4n) is 2.36. The number of rotatable bonds is 5. The molecular weight excluding hydrogens is 363 g/mol. The predicted molar refractivity (Wildman–Crippen MR) is 96.4 cm³/mol. The Labute approximate surface area is 155 Å². The largest absolute Gasteiger partial charge is 0.452 e. The van der Waals surface area contributed by atoms with E-state index < -0.39 is 0 Å². The summed E-state index contributed by atoms with van der Waals surface area (Å²) in [4.78, 5) is 24.1. The second-order valence-corrected chi connectivity index (χ2v) is 6.17. The highest BCUT2D eigenvalue weighted by Crippen LogP contribution is 2.35. The molecule has 1 aliphatic rings. The van der Waals surface area contributed by atoms with Crippen molar-refractivity contribution in [1.29, 1.82) is 0 Å². The van der Waals surface area contributed by atoms with Gasteiger partial charge in [-0.15, -0.1) is 11.6 Å². The minimum absolute atomic E-state index is 0.175. The summed E-state index contributed by atoms with van der Waals surface area (Å²) >= 11 is 11.7. The van der Waals surface area contributed by atoms with Gasteiger partial charge < -0.3 is 9.47 Å². The Morgan fingerprint density at radius 2 is 2.00 bits per heavy atom. The molecule has 0 N–H and O–H groups in total. The maximum Gasteiger partial charge on any atom is 0.311 e. The number of carbonyl (C=O) groups excluding carboxylic acids is 2. The molecular formula is C19H14Cl2O4. The monoisotopic (exact) mass is 376 g/mol. The van der Waals surface area contributed by atoms with E-state index >= 15 is 0 Å². The molecule has 6 heteroatoms. The molecule has 0 unspecified atom stereocenters. The lowest BCUT2D eigenvalue weighted by Crippen LogP contribution is -2.07. The van der Waals surface area contributed by atoms with Crippen LogP contribution in [0.2, 0.25) is 5.02 Å². The number of Topliss-reactive ketones (excluding diaryl/α,β-unsaturated/α-hetero) is 1. The summed E-state index contributed by atoms with van der Waals surface area (Å²) in [7, 11) is 0. The van der Waals surface area contributed by atoms with E-state index in [-0.39, 0.29) is 23.9 Å². The fraction of sp³-hybridized carbons (Fsp3) is 0.158. The first-order valence-corrected chi connectivity index (χ1v) is 8.59. The van der Waals surface area contributed by atoms with E-state index in [4.69, 9.17) is 32.7 Å². The Morgan fingerprint density at radius 3 is 2.76 bits per heavy atom. The Hall–Kier alpha value is -2.30. The highest BCUT2D eigenvalue weighted by molar-refractivity contribution is 6.32. The standard InChI is InChI=1S/C19H14Cl2O4/c20-9-3-6-18(22)24-13-7-8-14-16(11-13)25-17(19(14)23)10-12-4-1-2-5-15(12)21/h1-2,4-5,7-8,10-11H,3,6,9H2. The van der Waals surface area contributed by atoms with Gasteiger partial charge in [0.25, 0.3) is 0 Å². The summed E-state index contributed by atoms with van der Waals surface area (Å²) < 4.78 is 10.8. The molecule has 0 saturated carbocycles. The Bertz CT molecular complexity index is 858. The lowest BCUT2D eigenvalue weighted by molar-refractivity contribution is -0.134. The summed E-state index contributed by atoms with van der Waals surface area (Å²) in [5.74, 6) is 0.629. The highest BCUT2D eigenvalue weighted by atomic mass is 35.5. The molecule has 0 spiro atoms. The zero-order chi connectivity index (χ0) is 17.8. The normalized spacial score (nSPS) is 14.3. The van der Waals surface area contributed by atoms with Crippen molar-refractivity contribution in [3.63, 3.8) is 0 Å². The second kappa shape index (κ2) is 7.72. The Kier molecular flexibility index (Phi) is 5.41. The minimum atomic E-state index is -0.378. The van der Waals surface area contributed by atoms with Gasteiger partial charge >= 0.3 is 5.97 Å². The maximum atomic E-state index is 12.4. The van der Waals surface area contributed by atoms with Crippen LogP contribution in [-0.4, -0.2) is 17.6 Å². The van der Waals surface area contributed by atoms with Crippen LogP contribution in [0.1, 0.15) is 28.8 Å². The van der Waals surface area contributed by atoms with Crippen LogP contribution in [0, 0.1) is 0 Å². The van der Waals surface area contributed by atoms with Gasteiger partial charge in [0.15, 0.2) is 5.76 Å². The van der Waals surface area contributed by atoms with Crippen molar-refractivity contribution in [3.8, 4) is 11.5 Å². The number of ether oxygens (including phenoxy) is 2. The van der Waals surface area contributed by atoms with E-state index in [2.05, 4.69) is 0 Å². The number of carbonyl (C=O) groups is 2. The van der Waals surface area contributed by atoms with E-state index in [1.807, 2.05) is 6.07 Å². The van der Waals surface area contributed by atoms with Crippen molar-refractivity contribution >= 4 is 41.0 Å². The van der Waals surface area contributed by atoms with Crippen LogP contribution in [0.4, 0.5) is 0 Å². The highest BCUT2D eigenvalue weighted by Gasteiger charge is 2.28. The summed E-state index contributed by atoms with van der Waals surface area (Å²) in [5.41, 5.74) is 1.10. The molecule has 128 valence electrons. The first-order chi connectivity index (χ1) is 12.1. The van der Waals surface area contributed by atoms with E-state index in [1.54, 1.807) is 36.4 Å². The average molecular weight is 377 g/mol. The van der Waals surface area contributed by atoms with Gasteiger partial charge in [-0.25, -0.2) is 0 Å². The van der Waals surface area contributed by atoms with E-state index in [9.17, 15) is 9.59 Å². The van der Waals surface area contributed by atoms with Crippen molar-refractivity contribution in [3.05, 3.63) is 64.4 Å².